The molecule has 0 radical (unpaired) electrons. The third-order valence-corrected chi connectivity index (χ3v) is 3.17. The predicted octanol–water partition coefficient (Wildman–Crippen LogP) is 2.47. The first-order valence-electron chi connectivity index (χ1n) is 5.32. The summed E-state index contributed by atoms with van der Waals surface area (Å²) in [5.74, 6) is 0. The Balaban J connectivity index is 2.31. The van der Waals surface area contributed by atoms with E-state index in [0.29, 0.717) is 6.04 Å². The first-order chi connectivity index (χ1) is 6.68. The van der Waals surface area contributed by atoms with Gasteiger partial charge in [0.1, 0.15) is 0 Å². The van der Waals surface area contributed by atoms with E-state index in [4.69, 9.17) is 0 Å². The molecule has 1 aromatic heterocycles. The van der Waals surface area contributed by atoms with E-state index < -0.39 is 0 Å². The van der Waals surface area contributed by atoms with Crippen molar-refractivity contribution in [1.82, 2.24) is 9.88 Å². The zero-order valence-corrected chi connectivity index (χ0v) is 9.25. The lowest BCUT2D eigenvalue weighted by atomic mass is 10.0. The number of pyridine rings is 1. The monoisotopic (exact) mass is 190 g/mol. The molecule has 0 aliphatic carbocycles. The molecular formula is C12H18N2. The Morgan fingerprint density at radius 3 is 2.79 bits per heavy atom. The van der Waals surface area contributed by atoms with Gasteiger partial charge in [-0.2, -0.15) is 0 Å². The molecule has 2 nitrogen and oxygen atoms in total. The molecule has 0 N–H and O–H groups in total. The molecule has 1 fully saturated rings. The van der Waals surface area contributed by atoms with Crippen molar-refractivity contribution in [2.45, 2.75) is 32.7 Å². The molecule has 1 atom stereocenters. The summed E-state index contributed by atoms with van der Waals surface area (Å²) in [5.41, 5.74) is 3.92. The lowest BCUT2D eigenvalue weighted by Crippen LogP contribution is -2.18. The predicted molar refractivity (Wildman–Crippen MR) is 58.3 cm³/mol. The normalized spacial score (nSPS) is 22.9. The minimum Gasteiger partial charge on any atom is -0.299 e. The summed E-state index contributed by atoms with van der Waals surface area (Å²) < 4.78 is 0. The van der Waals surface area contributed by atoms with E-state index in [-0.39, 0.29) is 0 Å². The van der Waals surface area contributed by atoms with Gasteiger partial charge in [0.25, 0.3) is 0 Å². The Morgan fingerprint density at radius 2 is 2.21 bits per heavy atom. The summed E-state index contributed by atoms with van der Waals surface area (Å²) in [5, 5.41) is 0. The highest BCUT2D eigenvalue weighted by atomic mass is 15.1. The zero-order valence-electron chi connectivity index (χ0n) is 9.25. The third kappa shape index (κ3) is 1.67. The van der Waals surface area contributed by atoms with Crippen LogP contribution in [0, 0.1) is 13.8 Å². The Bertz CT molecular complexity index is 333. The zero-order chi connectivity index (χ0) is 10.1. The average molecular weight is 190 g/mol. The van der Waals surface area contributed by atoms with Crippen LogP contribution in [-0.4, -0.2) is 23.5 Å². The molecule has 1 saturated heterocycles. The number of likely N-dealkylation sites (tertiary alicyclic amines) is 1. The Kier molecular flexibility index (Phi) is 2.55. The van der Waals surface area contributed by atoms with Crippen molar-refractivity contribution in [1.29, 1.82) is 0 Å². The van der Waals surface area contributed by atoms with Gasteiger partial charge in [0, 0.05) is 17.9 Å². The molecule has 1 aromatic rings. The molecule has 2 rings (SSSR count). The number of nitrogens with zero attached hydrogens (tertiary/aromatic N) is 2. The molecular weight excluding hydrogens is 172 g/mol. The molecule has 14 heavy (non-hydrogen) atoms. The maximum atomic E-state index is 4.39. The van der Waals surface area contributed by atoms with E-state index in [1.54, 1.807) is 0 Å². The highest BCUT2D eigenvalue weighted by molar-refractivity contribution is 5.28. The van der Waals surface area contributed by atoms with Crippen LogP contribution in [-0.2, 0) is 0 Å². The number of rotatable bonds is 1. The molecule has 1 aliphatic heterocycles. The van der Waals surface area contributed by atoms with Gasteiger partial charge in [-0.3, -0.25) is 9.88 Å². The smallest absolute Gasteiger partial charge is 0.0375 e. The summed E-state index contributed by atoms with van der Waals surface area (Å²) in [6.45, 7) is 5.46. The largest absolute Gasteiger partial charge is 0.299 e. The fourth-order valence-electron chi connectivity index (χ4n) is 2.36. The molecule has 1 unspecified atom stereocenters. The van der Waals surface area contributed by atoms with Crippen molar-refractivity contribution in [3.63, 3.8) is 0 Å². The maximum Gasteiger partial charge on any atom is 0.0375 e. The Hall–Kier alpha value is -0.890. The lowest BCUT2D eigenvalue weighted by molar-refractivity contribution is 0.316. The van der Waals surface area contributed by atoms with Crippen molar-refractivity contribution in [3.8, 4) is 0 Å². The Morgan fingerprint density at radius 1 is 1.43 bits per heavy atom. The van der Waals surface area contributed by atoms with E-state index in [1.165, 1.54) is 30.5 Å². The van der Waals surface area contributed by atoms with Gasteiger partial charge in [-0.05, 0) is 57.5 Å². The van der Waals surface area contributed by atoms with E-state index in [9.17, 15) is 0 Å². The molecule has 0 aromatic carbocycles. The van der Waals surface area contributed by atoms with E-state index in [0.717, 1.165) is 5.69 Å². The average Bonchev–Trinajstić information content (AvgIpc) is 2.52. The summed E-state index contributed by atoms with van der Waals surface area (Å²) in [6, 6.07) is 2.78. The van der Waals surface area contributed by atoms with Crippen molar-refractivity contribution in [2.75, 3.05) is 13.6 Å². The molecule has 76 valence electrons. The minimum absolute atomic E-state index is 0.600. The SMILES string of the molecule is Cc1cc(C)c(C2CCCN2C)cn1. The second-order valence-electron chi connectivity index (χ2n) is 4.32. The van der Waals surface area contributed by atoms with Crippen LogP contribution in [0.15, 0.2) is 12.3 Å². The minimum atomic E-state index is 0.600. The molecule has 2 heteroatoms. The number of aromatic nitrogens is 1. The van der Waals surface area contributed by atoms with E-state index in [2.05, 4.69) is 43.0 Å². The standard InChI is InChI=1S/C12H18N2/c1-9-7-10(2)13-8-11(9)12-5-4-6-14(12)3/h7-8,12H,4-6H2,1-3H3. The first kappa shape index (κ1) is 9.66. The summed E-state index contributed by atoms with van der Waals surface area (Å²) >= 11 is 0. The topological polar surface area (TPSA) is 16.1 Å². The van der Waals surface area contributed by atoms with Crippen molar-refractivity contribution in [2.24, 2.45) is 0 Å². The molecule has 0 amide bonds. The summed E-state index contributed by atoms with van der Waals surface area (Å²) in [6.07, 6.45) is 4.65. The number of hydrogen-bond donors (Lipinski definition) is 0. The molecule has 0 saturated carbocycles. The van der Waals surface area contributed by atoms with Crippen LogP contribution in [0.25, 0.3) is 0 Å². The van der Waals surface area contributed by atoms with Crippen molar-refractivity contribution in [3.05, 3.63) is 29.1 Å². The van der Waals surface area contributed by atoms with Gasteiger partial charge in [0.2, 0.25) is 0 Å². The second kappa shape index (κ2) is 3.70. The number of aryl methyl sites for hydroxylation is 2. The van der Waals surface area contributed by atoms with Gasteiger partial charge < -0.3 is 0 Å². The van der Waals surface area contributed by atoms with Crippen LogP contribution in [0.4, 0.5) is 0 Å². The van der Waals surface area contributed by atoms with Crippen LogP contribution in [0.5, 0.6) is 0 Å². The fraction of sp³-hybridized carbons (Fsp3) is 0.583. The van der Waals surface area contributed by atoms with Crippen LogP contribution in [0.3, 0.4) is 0 Å². The quantitative estimate of drug-likeness (QED) is 0.676. The van der Waals surface area contributed by atoms with Gasteiger partial charge >= 0.3 is 0 Å². The van der Waals surface area contributed by atoms with Gasteiger partial charge in [-0.25, -0.2) is 0 Å². The fourth-order valence-corrected chi connectivity index (χ4v) is 2.36. The van der Waals surface area contributed by atoms with Gasteiger partial charge in [0.15, 0.2) is 0 Å². The van der Waals surface area contributed by atoms with E-state index in [1.807, 2.05) is 0 Å². The van der Waals surface area contributed by atoms with Crippen molar-refractivity contribution < 1.29 is 0 Å². The number of hydrogen-bond acceptors (Lipinski definition) is 2. The lowest BCUT2D eigenvalue weighted by Gasteiger charge is -2.21. The van der Waals surface area contributed by atoms with E-state index >= 15 is 0 Å². The van der Waals surface area contributed by atoms with Gasteiger partial charge in [-0.15, -0.1) is 0 Å². The van der Waals surface area contributed by atoms with Gasteiger partial charge in [0.05, 0.1) is 0 Å². The molecule has 0 spiro atoms. The van der Waals surface area contributed by atoms with Crippen LogP contribution in [0.2, 0.25) is 0 Å². The summed E-state index contributed by atoms with van der Waals surface area (Å²) in [7, 11) is 2.21. The highest BCUT2D eigenvalue weighted by Crippen LogP contribution is 2.31. The molecule has 1 aliphatic rings. The molecule has 2 heterocycles. The third-order valence-electron chi connectivity index (χ3n) is 3.17. The molecule has 0 bridgehead atoms. The van der Waals surface area contributed by atoms with Crippen molar-refractivity contribution >= 4 is 0 Å². The highest BCUT2D eigenvalue weighted by Gasteiger charge is 2.23. The van der Waals surface area contributed by atoms with Gasteiger partial charge in [-0.1, -0.05) is 0 Å². The second-order valence-corrected chi connectivity index (χ2v) is 4.32. The maximum absolute atomic E-state index is 4.39. The Labute approximate surface area is 86.0 Å². The van der Waals surface area contributed by atoms with Crippen LogP contribution < -0.4 is 0 Å². The van der Waals surface area contributed by atoms with Crippen LogP contribution in [0.1, 0.15) is 35.7 Å². The summed E-state index contributed by atoms with van der Waals surface area (Å²) in [4.78, 5) is 6.82. The first-order valence-corrected chi connectivity index (χ1v) is 5.32. The van der Waals surface area contributed by atoms with Crippen LogP contribution >= 0.6 is 0 Å².